The second-order valence-corrected chi connectivity index (χ2v) is 10.6. The summed E-state index contributed by atoms with van der Waals surface area (Å²) in [6.07, 6.45) is 3.45. The fourth-order valence-electron chi connectivity index (χ4n) is 4.07. The van der Waals surface area contributed by atoms with Gasteiger partial charge in [0.1, 0.15) is 22.6 Å². The minimum Gasteiger partial charge on any atom is -0.487 e. The summed E-state index contributed by atoms with van der Waals surface area (Å²) in [5.74, 6) is -0.126. The van der Waals surface area contributed by atoms with E-state index in [9.17, 15) is 17.9 Å². The maximum atomic E-state index is 13.6. The number of hydrogen-bond donors (Lipinski definition) is 1. The van der Waals surface area contributed by atoms with Gasteiger partial charge in [-0.05, 0) is 56.3 Å². The molecule has 2 aromatic carbocycles. The zero-order valence-electron chi connectivity index (χ0n) is 19.6. The van der Waals surface area contributed by atoms with Gasteiger partial charge in [-0.25, -0.2) is 12.8 Å². The summed E-state index contributed by atoms with van der Waals surface area (Å²) in [7, 11) is -1.92. The number of nitrogens with zero attached hydrogens (tertiary/aromatic N) is 2. The third-order valence-electron chi connectivity index (χ3n) is 5.88. The van der Waals surface area contributed by atoms with Gasteiger partial charge in [-0.1, -0.05) is 37.3 Å². The zero-order chi connectivity index (χ0) is 24.2. The molecule has 1 heterocycles. The molecular formula is C25H33FN2O4S. The number of allylic oxidation sites excluding steroid dienone is 1. The molecule has 33 heavy (non-hydrogen) atoms. The molecule has 1 N–H and O–H groups in total. The summed E-state index contributed by atoms with van der Waals surface area (Å²) in [5, 5.41) is 9.74. The summed E-state index contributed by atoms with van der Waals surface area (Å²) in [4.78, 5) is 2.14. The number of benzene rings is 2. The molecule has 0 bridgehead atoms. The second-order valence-electron chi connectivity index (χ2n) is 8.77. The summed E-state index contributed by atoms with van der Waals surface area (Å²) >= 11 is 0. The topological polar surface area (TPSA) is 70.1 Å². The van der Waals surface area contributed by atoms with E-state index < -0.39 is 16.1 Å². The van der Waals surface area contributed by atoms with Crippen molar-refractivity contribution in [1.29, 1.82) is 0 Å². The lowest BCUT2D eigenvalue weighted by Crippen LogP contribution is -2.49. The summed E-state index contributed by atoms with van der Waals surface area (Å²) < 4.78 is 48.2. The van der Waals surface area contributed by atoms with Crippen molar-refractivity contribution in [1.82, 2.24) is 9.21 Å². The van der Waals surface area contributed by atoms with Crippen molar-refractivity contribution in [2.45, 2.75) is 44.4 Å². The Hall–Kier alpha value is -2.26. The highest BCUT2D eigenvalue weighted by atomic mass is 32.2. The molecule has 180 valence electrons. The van der Waals surface area contributed by atoms with Crippen LogP contribution in [0.15, 0.2) is 53.4 Å². The summed E-state index contributed by atoms with van der Waals surface area (Å²) in [6.45, 7) is 6.55. The number of sulfonamides is 1. The maximum Gasteiger partial charge on any atom is 0.247 e. The molecule has 1 aliphatic rings. The van der Waals surface area contributed by atoms with E-state index >= 15 is 0 Å². The number of rotatable bonds is 7. The van der Waals surface area contributed by atoms with Gasteiger partial charge in [-0.2, -0.15) is 4.31 Å². The Morgan fingerprint density at radius 1 is 1.30 bits per heavy atom. The van der Waals surface area contributed by atoms with Gasteiger partial charge in [0.25, 0.3) is 0 Å². The molecule has 6 nitrogen and oxygen atoms in total. The number of ether oxygens (including phenoxy) is 1. The fraction of sp³-hybridized carbons (Fsp3) is 0.440. The molecule has 0 amide bonds. The number of aliphatic hydroxyl groups excluding tert-OH is 1. The number of hydrogen-bond acceptors (Lipinski definition) is 5. The standard InChI is InChI=1S/C25H33FN2O4S/c1-5-7-20-10-11-25-23(13-20)32-24(16-27(4)15-21-8-6-9-22(26)12-21)18(2)14-28(19(3)17-29)33(25,30)31/h5-13,18-19,24,29H,14-17H2,1-4H3/b7-5+/t18-,19-,24-/m1/s1. The molecule has 0 fully saturated rings. The van der Waals surface area contributed by atoms with Crippen LogP contribution in [0.25, 0.3) is 6.08 Å². The molecule has 0 spiro atoms. The van der Waals surface area contributed by atoms with E-state index in [4.69, 9.17) is 4.74 Å². The van der Waals surface area contributed by atoms with Gasteiger partial charge in [0, 0.05) is 31.6 Å². The Morgan fingerprint density at radius 3 is 2.73 bits per heavy atom. The first kappa shape index (κ1) is 25.4. The third-order valence-corrected chi connectivity index (χ3v) is 7.90. The molecule has 3 rings (SSSR count). The van der Waals surface area contributed by atoms with Crippen molar-refractivity contribution in [3.05, 3.63) is 65.5 Å². The molecular weight excluding hydrogens is 443 g/mol. The highest BCUT2D eigenvalue weighted by molar-refractivity contribution is 7.89. The smallest absolute Gasteiger partial charge is 0.247 e. The van der Waals surface area contributed by atoms with E-state index in [1.807, 2.05) is 44.0 Å². The van der Waals surface area contributed by atoms with Crippen molar-refractivity contribution in [2.24, 2.45) is 5.92 Å². The molecule has 1 aliphatic heterocycles. The highest BCUT2D eigenvalue weighted by Gasteiger charge is 2.38. The molecule has 3 atom stereocenters. The Morgan fingerprint density at radius 2 is 2.06 bits per heavy atom. The van der Waals surface area contributed by atoms with Crippen LogP contribution >= 0.6 is 0 Å². The van der Waals surface area contributed by atoms with E-state index in [0.717, 1.165) is 11.1 Å². The molecule has 0 aromatic heterocycles. The molecule has 2 aromatic rings. The lowest BCUT2D eigenvalue weighted by molar-refractivity contribution is 0.0733. The first-order chi connectivity index (χ1) is 15.6. The lowest BCUT2D eigenvalue weighted by Gasteiger charge is -2.37. The lowest BCUT2D eigenvalue weighted by atomic mass is 10.0. The molecule has 8 heteroatoms. The summed E-state index contributed by atoms with van der Waals surface area (Å²) in [5.41, 5.74) is 1.69. The number of fused-ring (bicyclic) bond motifs is 1. The van der Waals surface area contributed by atoms with Crippen LogP contribution in [0.2, 0.25) is 0 Å². The van der Waals surface area contributed by atoms with Gasteiger partial charge in [-0.3, -0.25) is 4.90 Å². The quantitative estimate of drug-likeness (QED) is 0.659. The van der Waals surface area contributed by atoms with E-state index in [1.54, 1.807) is 31.2 Å². The number of likely N-dealkylation sites (N-methyl/N-ethyl adjacent to an activating group) is 1. The van der Waals surface area contributed by atoms with Gasteiger partial charge in [0.2, 0.25) is 10.0 Å². The van der Waals surface area contributed by atoms with E-state index in [1.165, 1.54) is 16.4 Å². The maximum absolute atomic E-state index is 13.6. The van der Waals surface area contributed by atoms with Gasteiger partial charge in [0.05, 0.1) is 6.61 Å². The first-order valence-corrected chi connectivity index (χ1v) is 12.6. The van der Waals surface area contributed by atoms with Crippen LogP contribution in [-0.2, 0) is 16.6 Å². The van der Waals surface area contributed by atoms with Gasteiger partial charge in [0.15, 0.2) is 0 Å². The minimum atomic E-state index is -3.85. The van der Waals surface area contributed by atoms with Crippen molar-refractivity contribution in [3.63, 3.8) is 0 Å². The Balaban J connectivity index is 1.96. The van der Waals surface area contributed by atoms with E-state index in [0.29, 0.717) is 18.8 Å². The van der Waals surface area contributed by atoms with Crippen LogP contribution in [0.5, 0.6) is 5.75 Å². The number of aliphatic hydroxyl groups is 1. The molecule has 0 aliphatic carbocycles. The van der Waals surface area contributed by atoms with Crippen LogP contribution in [0.4, 0.5) is 4.39 Å². The van der Waals surface area contributed by atoms with Crippen LogP contribution in [0.1, 0.15) is 31.9 Å². The zero-order valence-corrected chi connectivity index (χ0v) is 20.4. The average molecular weight is 477 g/mol. The largest absolute Gasteiger partial charge is 0.487 e. The predicted molar refractivity (Wildman–Crippen MR) is 128 cm³/mol. The van der Waals surface area contributed by atoms with Crippen molar-refractivity contribution >= 4 is 16.1 Å². The van der Waals surface area contributed by atoms with Gasteiger partial charge < -0.3 is 9.84 Å². The average Bonchev–Trinajstić information content (AvgIpc) is 2.76. The monoisotopic (exact) mass is 476 g/mol. The molecule has 0 saturated carbocycles. The summed E-state index contributed by atoms with van der Waals surface area (Å²) in [6, 6.07) is 11.0. The van der Waals surface area contributed by atoms with Gasteiger partial charge >= 0.3 is 0 Å². The Bertz CT molecular complexity index is 1090. The van der Waals surface area contributed by atoms with Crippen molar-refractivity contribution in [3.8, 4) is 5.75 Å². The van der Waals surface area contributed by atoms with Crippen LogP contribution in [0.3, 0.4) is 0 Å². The number of halogens is 1. The van der Waals surface area contributed by atoms with Crippen molar-refractivity contribution < 1.29 is 22.7 Å². The van der Waals surface area contributed by atoms with Crippen LogP contribution < -0.4 is 4.74 Å². The molecule has 0 unspecified atom stereocenters. The SMILES string of the molecule is C/C=C/c1ccc2c(c1)O[C@H](CN(C)Cc1cccc(F)c1)[C@H](C)CN([C@H](C)CO)S2(=O)=O. The first-order valence-electron chi connectivity index (χ1n) is 11.1. The van der Waals surface area contributed by atoms with Crippen molar-refractivity contribution in [2.75, 3.05) is 26.7 Å². The molecule has 0 radical (unpaired) electrons. The third kappa shape index (κ3) is 6.00. The Labute approximate surface area is 196 Å². The Kier molecular flexibility index (Phi) is 8.28. The molecule has 0 saturated heterocycles. The van der Waals surface area contributed by atoms with Gasteiger partial charge in [-0.15, -0.1) is 0 Å². The van der Waals surface area contributed by atoms with Crippen LogP contribution in [0, 0.1) is 11.7 Å². The van der Waals surface area contributed by atoms with E-state index in [-0.39, 0.29) is 35.9 Å². The predicted octanol–water partition coefficient (Wildman–Crippen LogP) is 3.76. The highest BCUT2D eigenvalue weighted by Crippen LogP contribution is 2.34. The fourth-order valence-corrected chi connectivity index (χ4v) is 5.90. The van der Waals surface area contributed by atoms with E-state index in [2.05, 4.69) is 0 Å². The minimum absolute atomic E-state index is 0.0979. The van der Waals surface area contributed by atoms with Crippen LogP contribution in [-0.4, -0.2) is 61.6 Å². The second kappa shape index (κ2) is 10.8. The normalized spacial score (nSPS) is 21.9.